The summed E-state index contributed by atoms with van der Waals surface area (Å²) in [6, 6.07) is -0.250. The number of carboxylic acid groups (broad SMARTS) is 1. The lowest BCUT2D eigenvalue weighted by Crippen LogP contribution is -2.48. The van der Waals surface area contributed by atoms with Crippen LogP contribution in [0.15, 0.2) is 0 Å². The predicted molar refractivity (Wildman–Crippen MR) is 32.2 cm³/mol. The Morgan fingerprint density at radius 2 is 2.11 bits per heavy atom. The summed E-state index contributed by atoms with van der Waals surface area (Å²) >= 11 is 0. The van der Waals surface area contributed by atoms with E-state index in [1.54, 1.807) is 0 Å². The number of rotatable bonds is 1. The molecule has 0 aromatic rings. The molecule has 1 aliphatic heterocycles. The summed E-state index contributed by atoms with van der Waals surface area (Å²) in [6.07, 6.45) is 0.787. The van der Waals surface area contributed by atoms with Crippen molar-refractivity contribution in [1.29, 1.82) is 0 Å². The largest absolute Gasteiger partial charge is 0.480 e. The van der Waals surface area contributed by atoms with Crippen LogP contribution in [-0.2, 0) is 4.79 Å². The minimum Gasteiger partial charge on any atom is -0.480 e. The third-order valence-corrected chi connectivity index (χ3v) is 1.12. The van der Waals surface area contributed by atoms with Crippen molar-refractivity contribution in [2.24, 2.45) is 0 Å². The molecule has 54 valence electrons. The second-order valence-corrected chi connectivity index (χ2v) is 1.63. The van der Waals surface area contributed by atoms with Gasteiger partial charge in [-0.15, -0.1) is 0 Å². The fourth-order valence-electron chi connectivity index (χ4n) is 0.499. The van der Waals surface area contributed by atoms with Crippen molar-refractivity contribution in [3.63, 3.8) is 0 Å². The Bertz CT molecular complexity index is 90.2. The molecule has 4 nitrogen and oxygen atoms in total. The molecule has 0 amide bonds. The summed E-state index contributed by atoms with van der Waals surface area (Å²) in [6.45, 7) is 0.858. The Morgan fingerprint density at radius 3 is 2.11 bits per heavy atom. The highest BCUT2D eigenvalue weighted by atomic mass is 16.4. The molecule has 1 heterocycles. The second kappa shape index (κ2) is 4.29. The fourth-order valence-corrected chi connectivity index (χ4v) is 0.499. The maximum atomic E-state index is 9.92. The molecule has 3 N–H and O–H groups in total. The van der Waals surface area contributed by atoms with Crippen molar-refractivity contribution in [3.05, 3.63) is 0 Å². The van der Waals surface area contributed by atoms with Crippen LogP contribution in [0, 0.1) is 0 Å². The van der Waals surface area contributed by atoms with E-state index in [1.165, 1.54) is 0 Å². The first-order valence-electron chi connectivity index (χ1n) is 2.71. The molecular formula is C5H11NO3. The number of aliphatic hydroxyl groups excluding tert-OH is 1. The topological polar surface area (TPSA) is 69.6 Å². The lowest BCUT2D eigenvalue weighted by atomic mass is 10.1. The maximum Gasteiger partial charge on any atom is 0.320 e. The van der Waals surface area contributed by atoms with E-state index in [0.717, 1.165) is 20.1 Å². The van der Waals surface area contributed by atoms with Gasteiger partial charge in [0, 0.05) is 7.11 Å². The number of aliphatic carboxylic acids is 1. The summed E-state index contributed by atoms with van der Waals surface area (Å²) in [7, 11) is 1.00. The standard InChI is InChI=1S/C4H7NO2.CH4O/c6-4(7)3-1-2-5-3;1-2/h3,5H,1-2H2,(H,6,7);2H,1H3/t3-;/m1./s1. The Morgan fingerprint density at radius 1 is 1.67 bits per heavy atom. The zero-order chi connectivity index (χ0) is 7.28. The van der Waals surface area contributed by atoms with Crippen LogP contribution in [0.3, 0.4) is 0 Å². The van der Waals surface area contributed by atoms with E-state index >= 15 is 0 Å². The second-order valence-electron chi connectivity index (χ2n) is 1.63. The molecule has 0 aliphatic carbocycles. The van der Waals surface area contributed by atoms with Gasteiger partial charge < -0.3 is 15.5 Å². The SMILES string of the molecule is CO.O=C(O)[C@H]1CCN1. The Balaban J connectivity index is 0.000000291. The molecular weight excluding hydrogens is 122 g/mol. The van der Waals surface area contributed by atoms with Crippen molar-refractivity contribution in [1.82, 2.24) is 5.32 Å². The minimum atomic E-state index is -0.730. The summed E-state index contributed by atoms with van der Waals surface area (Å²) in [5.41, 5.74) is 0. The number of carboxylic acids is 1. The van der Waals surface area contributed by atoms with E-state index in [0.29, 0.717) is 0 Å². The number of hydrogen-bond donors (Lipinski definition) is 3. The van der Waals surface area contributed by atoms with Crippen LogP contribution < -0.4 is 5.32 Å². The highest BCUT2D eigenvalue weighted by molar-refractivity contribution is 5.74. The summed E-state index contributed by atoms with van der Waals surface area (Å²) in [5, 5.41) is 17.9. The third-order valence-electron chi connectivity index (χ3n) is 1.12. The van der Waals surface area contributed by atoms with Gasteiger partial charge in [-0.25, -0.2) is 0 Å². The van der Waals surface area contributed by atoms with Crippen LogP contribution in [0.1, 0.15) is 6.42 Å². The average Bonchev–Trinajstić information content (AvgIpc) is 1.65. The molecule has 0 aromatic carbocycles. The van der Waals surface area contributed by atoms with E-state index in [-0.39, 0.29) is 6.04 Å². The van der Waals surface area contributed by atoms with Crippen LogP contribution in [0.2, 0.25) is 0 Å². The van der Waals surface area contributed by atoms with Crippen LogP contribution in [0.4, 0.5) is 0 Å². The van der Waals surface area contributed by atoms with Crippen molar-refractivity contribution < 1.29 is 15.0 Å². The van der Waals surface area contributed by atoms with Gasteiger partial charge in [0.1, 0.15) is 6.04 Å². The number of aliphatic hydroxyl groups is 1. The van der Waals surface area contributed by atoms with E-state index in [2.05, 4.69) is 5.32 Å². The van der Waals surface area contributed by atoms with Gasteiger partial charge in [-0.1, -0.05) is 0 Å². The van der Waals surface area contributed by atoms with Gasteiger partial charge in [-0.2, -0.15) is 0 Å². The smallest absolute Gasteiger partial charge is 0.320 e. The molecule has 4 heteroatoms. The summed E-state index contributed by atoms with van der Waals surface area (Å²) in [5.74, 6) is -0.730. The molecule has 1 fully saturated rings. The minimum absolute atomic E-state index is 0.250. The van der Waals surface area contributed by atoms with Crippen molar-refractivity contribution in [3.8, 4) is 0 Å². The average molecular weight is 133 g/mol. The monoisotopic (exact) mass is 133 g/mol. The Hall–Kier alpha value is -0.610. The lowest BCUT2D eigenvalue weighted by Gasteiger charge is -2.22. The van der Waals surface area contributed by atoms with Crippen LogP contribution in [0.25, 0.3) is 0 Å². The maximum absolute atomic E-state index is 9.92. The van der Waals surface area contributed by atoms with Gasteiger partial charge in [-0.3, -0.25) is 4.79 Å². The van der Waals surface area contributed by atoms with Gasteiger partial charge in [0.2, 0.25) is 0 Å². The summed E-state index contributed by atoms with van der Waals surface area (Å²) < 4.78 is 0. The van der Waals surface area contributed by atoms with E-state index in [4.69, 9.17) is 10.2 Å². The number of carbonyl (C=O) groups is 1. The molecule has 1 rings (SSSR count). The first-order valence-corrected chi connectivity index (χ1v) is 2.71. The quantitative estimate of drug-likeness (QED) is 0.431. The van der Waals surface area contributed by atoms with Crippen molar-refractivity contribution in [2.45, 2.75) is 12.5 Å². The van der Waals surface area contributed by atoms with Crippen molar-refractivity contribution in [2.75, 3.05) is 13.7 Å². The van der Waals surface area contributed by atoms with Crippen LogP contribution in [0.5, 0.6) is 0 Å². The van der Waals surface area contributed by atoms with Crippen molar-refractivity contribution >= 4 is 5.97 Å². The first kappa shape index (κ1) is 8.39. The Labute approximate surface area is 53.5 Å². The van der Waals surface area contributed by atoms with E-state index in [9.17, 15) is 4.79 Å². The first-order chi connectivity index (χ1) is 4.30. The zero-order valence-electron chi connectivity index (χ0n) is 5.29. The van der Waals surface area contributed by atoms with Gasteiger partial charge in [0.15, 0.2) is 0 Å². The van der Waals surface area contributed by atoms with Crippen LogP contribution in [-0.4, -0.2) is 35.9 Å². The lowest BCUT2D eigenvalue weighted by molar-refractivity contribution is -0.141. The number of nitrogens with one attached hydrogen (secondary N) is 1. The summed E-state index contributed by atoms with van der Waals surface area (Å²) in [4.78, 5) is 9.92. The van der Waals surface area contributed by atoms with Crippen LogP contribution >= 0.6 is 0 Å². The van der Waals surface area contributed by atoms with Gasteiger partial charge in [0.25, 0.3) is 0 Å². The molecule has 0 radical (unpaired) electrons. The van der Waals surface area contributed by atoms with Gasteiger partial charge >= 0.3 is 5.97 Å². The third kappa shape index (κ3) is 2.43. The molecule has 0 saturated carbocycles. The molecule has 0 bridgehead atoms. The molecule has 0 aromatic heterocycles. The highest BCUT2D eigenvalue weighted by Gasteiger charge is 2.22. The van der Waals surface area contributed by atoms with E-state index < -0.39 is 5.97 Å². The predicted octanol–water partition coefficient (Wildman–Crippen LogP) is -0.959. The molecule has 0 unspecified atom stereocenters. The van der Waals surface area contributed by atoms with E-state index in [1.807, 2.05) is 0 Å². The zero-order valence-corrected chi connectivity index (χ0v) is 5.29. The highest BCUT2D eigenvalue weighted by Crippen LogP contribution is 1.99. The molecule has 0 spiro atoms. The van der Waals surface area contributed by atoms with Gasteiger partial charge in [0.05, 0.1) is 0 Å². The molecule has 1 saturated heterocycles. The normalized spacial score (nSPS) is 23.1. The molecule has 1 aliphatic rings. The molecule has 1 atom stereocenters. The fraction of sp³-hybridized carbons (Fsp3) is 0.800. The number of hydrogen-bond acceptors (Lipinski definition) is 3. The van der Waals surface area contributed by atoms with Gasteiger partial charge in [-0.05, 0) is 13.0 Å². The molecule has 9 heavy (non-hydrogen) atoms. The Kier molecular flexibility index (Phi) is 4.00.